The van der Waals surface area contributed by atoms with E-state index in [0.29, 0.717) is 16.9 Å². The van der Waals surface area contributed by atoms with Crippen LogP contribution in [-0.4, -0.2) is 40.8 Å². The molecule has 1 atom stereocenters. The van der Waals surface area contributed by atoms with E-state index in [1.807, 2.05) is 13.0 Å². The van der Waals surface area contributed by atoms with E-state index in [1.54, 1.807) is 54.6 Å². The molecule has 0 saturated carbocycles. The van der Waals surface area contributed by atoms with E-state index in [9.17, 15) is 19.5 Å². The minimum Gasteiger partial charge on any atom is -0.480 e. The summed E-state index contributed by atoms with van der Waals surface area (Å²) in [5.74, 6) is -1.32. The average Bonchev–Trinajstić information content (AvgIpc) is 2.73. The number of amides is 2. The topological polar surface area (TPSA) is 93.1 Å². The number of nitrogens with zero attached hydrogens (tertiary/aromatic N) is 1. The Bertz CT molecular complexity index is 793. The van der Waals surface area contributed by atoms with Gasteiger partial charge in [0.1, 0.15) is 12.6 Å². The average molecular weight is 399 g/mol. The molecule has 2 aromatic carbocycles. The summed E-state index contributed by atoms with van der Waals surface area (Å²) in [6, 6.07) is 16.2. The number of carboxylic acids is 1. The standard InChI is InChI=1S/C22H25NO6/c1-2-3-14-28-21(26)23(22(27)29-16-18-12-8-5-9-13-18)19(20(24)25)15-17-10-6-4-7-11-17/h4-13,19H,2-3,14-16H2,1H3,(H,24,25)/t19-/m0/s1. The zero-order valence-electron chi connectivity index (χ0n) is 16.3. The van der Waals surface area contributed by atoms with Gasteiger partial charge >= 0.3 is 18.2 Å². The maximum atomic E-state index is 12.7. The number of benzene rings is 2. The van der Waals surface area contributed by atoms with Crippen molar-refractivity contribution in [1.82, 2.24) is 4.90 Å². The van der Waals surface area contributed by atoms with Crippen molar-refractivity contribution in [3.8, 4) is 0 Å². The van der Waals surface area contributed by atoms with Gasteiger partial charge in [0.2, 0.25) is 0 Å². The Morgan fingerprint density at radius 1 is 0.897 bits per heavy atom. The first-order valence-corrected chi connectivity index (χ1v) is 9.46. The summed E-state index contributed by atoms with van der Waals surface area (Å²) in [7, 11) is 0. The maximum absolute atomic E-state index is 12.7. The summed E-state index contributed by atoms with van der Waals surface area (Å²) in [5.41, 5.74) is 1.39. The van der Waals surface area contributed by atoms with Crippen LogP contribution >= 0.6 is 0 Å². The maximum Gasteiger partial charge on any atom is 0.420 e. The molecule has 0 radical (unpaired) electrons. The molecule has 0 aromatic heterocycles. The number of rotatable bonds is 9. The van der Waals surface area contributed by atoms with Gasteiger partial charge in [-0.2, -0.15) is 4.90 Å². The lowest BCUT2D eigenvalue weighted by Gasteiger charge is -2.26. The van der Waals surface area contributed by atoms with Crippen molar-refractivity contribution in [2.75, 3.05) is 6.61 Å². The second-order valence-electron chi connectivity index (χ2n) is 6.42. The predicted molar refractivity (Wildman–Crippen MR) is 106 cm³/mol. The molecule has 1 N–H and O–H groups in total. The van der Waals surface area contributed by atoms with E-state index >= 15 is 0 Å². The number of carbonyl (C=O) groups excluding carboxylic acids is 2. The fourth-order valence-electron chi connectivity index (χ4n) is 2.62. The highest BCUT2D eigenvalue weighted by Gasteiger charge is 2.37. The molecule has 2 aromatic rings. The fourth-order valence-corrected chi connectivity index (χ4v) is 2.62. The third kappa shape index (κ3) is 6.95. The molecule has 154 valence electrons. The van der Waals surface area contributed by atoms with Crippen LogP contribution in [0.25, 0.3) is 0 Å². The van der Waals surface area contributed by atoms with Crippen LogP contribution in [0.1, 0.15) is 30.9 Å². The third-order valence-corrected chi connectivity index (χ3v) is 4.19. The van der Waals surface area contributed by atoms with Crippen molar-refractivity contribution in [2.24, 2.45) is 0 Å². The van der Waals surface area contributed by atoms with Gasteiger partial charge in [0.15, 0.2) is 0 Å². The van der Waals surface area contributed by atoms with Gasteiger partial charge in [-0.15, -0.1) is 0 Å². The second kappa shape index (κ2) is 11.5. The van der Waals surface area contributed by atoms with E-state index in [4.69, 9.17) is 9.47 Å². The van der Waals surface area contributed by atoms with Crippen molar-refractivity contribution < 1.29 is 29.0 Å². The Balaban J connectivity index is 2.19. The molecule has 0 bridgehead atoms. The van der Waals surface area contributed by atoms with E-state index < -0.39 is 24.2 Å². The Morgan fingerprint density at radius 3 is 2.00 bits per heavy atom. The lowest BCUT2D eigenvalue weighted by Crippen LogP contribution is -2.50. The van der Waals surface area contributed by atoms with Crippen LogP contribution in [0.3, 0.4) is 0 Å². The van der Waals surface area contributed by atoms with Crippen LogP contribution in [0.2, 0.25) is 0 Å². The van der Waals surface area contributed by atoms with Crippen molar-refractivity contribution in [2.45, 2.75) is 38.8 Å². The molecule has 0 heterocycles. The lowest BCUT2D eigenvalue weighted by molar-refractivity contribution is -0.142. The van der Waals surface area contributed by atoms with Crippen molar-refractivity contribution in [3.63, 3.8) is 0 Å². The summed E-state index contributed by atoms with van der Waals surface area (Å²) in [5, 5.41) is 9.70. The van der Waals surface area contributed by atoms with E-state index in [0.717, 1.165) is 12.0 Å². The Kier molecular flexibility index (Phi) is 8.69. The van der Waals surface area contributed by atoms with Crippen molar-refractivity contribution in [3.05, 3.63) is 71.8 Å². The number of carbonyl (C=O) groups is 3. The Labute approximate surface area is 169 Å². The number of hydrogen-bond donors (Lipinski definition) is 1. The van der Waals surface area contributed by atoms with Gasteiger partial charge in [0, 0.05) is 6.42 Å². The summed E-state index contributed by atoms with van der Waals surface area (Å²) < 4.78 is 10.3. The number of ether oxygens (including phenoxy) is 2. The van der Waals surface area contributed by atoms with Gasteiger partial charge in [-0.1, -0.05) is 74.0 Å². The van der Waals surface area contributed by atoms with E-state index in [-0.39, 0.29) is 19.6 Å². The first-order valence-electron chi connectivity index (χ1n) is 9.46. The quantitative estimate of drug-likeness (QED) is 0.634. The van der Waals surface area contributed by atoms with Gasteiger partial charge in [0.05, 0.1) is 6.61 Å². The van der Waals surface area contributed by atoms with Crippen LogP contribution in [0.5, 0.6) is 0 Å². The summed E-state index contributed by atoms with van der Waals surface area (Å²) in [4.78, 5) is 37.7. The largest absolute Gasteiger partial charge is 0.480 e. The second-order valence-corrected chi connectivity index (χ2v) is 6.42. The van der Waals surface area contributed by atoms with Gasteiger partial charge in [-0.25, -0.2) is 14.4 Å². The summed E-state index contributed by atoms with van der Waals surface area (Å²) in [6.45, 7) is 1.93. The highest BCUT2D eigenvalue weighted by Crippen LogP contribution is 2.14. The van der Waals surface area contributed by atoms with Crippen LogP contribution < -0.4 is 0 Å². The molecule has 7 nitrogen and oxygen atoms in total. The monoisotopic (exact) mass is 399 g/mol. The zero-order chi connectivity index (χ0) is 21.1. The molecule has 7 heteroatoms. The molecule has 0 fully saturated rings. The zero-order valence-corrected chi connectivity index (χ0v) is 16.3. The molecular weight excluding hydrogens is 374 g/mol. The molecule has 29 heavy (non-hydrogen) atoms. The van der Waals surface area contributed by atoms with Crippen LogP contribution in [0.4, 0.5) is 9.59 Å². The Morgan fingerprint density at radius 2 is 1.45 bits per heavy atom. The predicted octanol–water partition coefficient (Wildman–Crippen LogP) is 4.26. The molecule has 0 unspecified atom stereocenters. The first kappa shape index (κ1) is 21.9. The van der Waals surface area contributed by atoms with Crippen LogP contribution in [0.15, 0.2) is 60.7 Å². The highest BCUT2D eigenvalue weighted by atomic mass is 16.6. The lowest BCUT2D eigenvalue weighted by atomic mass is 10.1. The molecule has 0 saturated heterocycles. The molecule has 2 rings (SSSR count). The molecular formula is C22H25NO6. The molecule has 0 aliphatic heterocycles. The number of hydrogen-bond acceptors (Lipinski definition) is 5. The molecule has 0 aliphatic carbocycles. The Hall–Kier alpha value is -3.35. The fraction of sp³-hybridized carbons (Fsp3) is 0.318. The van der Waals surface area contributed by atoms with E-state index in [2.05, 4.69) is 0 Å². The highest BCUT2D eigenvalue weighted by molar-refractivity contribution is 5.93. The van der Waals surface area contributed by atoms with Crippen molar-refractivity contribution >= 4 is 18.2 Å². The smallest absolute Gasteiger partial charge is 0.420 e. The van der Waals surface area contributed by atoms with Gasteiger partial charge in [-0.05, 0) is 17.5 Å². The minimum absolute atomic E-state index is 0.0561. The number of carboxylic acid groups (broad SMARTS) is 1. The third-order valence-electron chi connectivity index (χ3n) is 4.19. The molecule has 2 amide bonds. The summed E-state index contributed by atoms with van der Waals surface area (Å²) >= 11 is 0. The van der Waals surface area contributed by atoms with Crippen LogP contribution in [0, 0.1) is 0 Å². The van der Waals surface area contributed by atoms with Crippen LogP contribution in [-0.2, 0) is 27.3 Å². The number of unbranched alkanes of at least 4 members (excludes halogenated alkanes) is 1. The van der Waals surface area contributed by atoms with Gasteiger partial charge < -0.3 is 14.6 Å². The van der Waals surface area contributed by atoms with Gasteiger partial charge in [-0.3, -0.25) is 0 Å². The van der Waals surface area contributed by atoms with E-state index in [1.165, 1.54) is 0 Å². The first-order chi connectivity index (χ1) is 14.0. The normalized spacial score (nSPS) is 11.3. The minimum atomic E-state index is -1.45. The number of aliphatic carboxylic acids is 1. The molecule has 0 spiro atoms. The number of imide groups is 1. The SMILES string of the molecule is CCCCOC(=O)N(C(=O)OCc1ccccc1)[C@@H](Cc1ccccc1)C(=O)O. The molecule has 0 aliphatic rings. The van der Waals surface area contributed by atoms with Crippen molar-refractivity contribution in [1.29, 1.82) is 0 Å². The summed E-state index contributed by atoms with van der Waals surface area (Å²) in [6.07, 6.45) is -0.745. The van der Waals surface area contributed by atoms with Gasteiger partial charge in [0.25, 0.3) is 0 Å².